The molecule has 0 bridgehead atoms. The first kappa shape index (κ1) is 16.1. The van der Waals surface area contributed by atoms with E-state index in [0.29, 0.717) is 11.5 Å². The van der Waals surface area contributed by atoms with Crippen molar-refractivity contribution in [2.75, 3.05) is 0 Å². The van der Waals surface area contributed by atoms with Gasteiger partial charge in [-0.1, -0.05) is 30.3 Å². The van der Waals surface area contributed by atoms with Crippen LogP contribution in [0, 0.1) is 0 Å². The number of imidazole rings is 2. The van der Waals surface area contributed by atoms with Crippen LogP contribution in [0.4, 0.5) is 0 Å². The highest BCUT2D eigenvalue weighted by molar-refractivity contribution is 5.84. The van der Waals surface area contributed by atoms with Crippen molar-refractivity contribution >= 4 is 11.9 Å². The van der Waals surface area contributed by atoms with Crippen LogP contribution in [-0.4, -0.2) is 47.4 Å². The van der Waals surface area contributed by atoms with Gasteiger partial charge in [0.05, 0.1) is 24.3 Å². The van der Waals surface area contributed by atoms with Gasteiger partial charge in [0.15, 0.2) is 0 Å². The Balaban J connectivity index is 1.59. The van der Waals surface area contributed by atoms with Crippen LogP contribution in [0.1, 0.15) is 11.4 Å². The van der Waals surface area contributed by atoms with Crippen molar-refractivity contribution in [2.24, 2.45) is 0 Å². The van der Waals surface area contributed by atoms with E-state index in [4.69, 9.17) is 0 Å². The molecule has 26 heavy (non-hydrogen) atoms. The minimum absolute atomic E-state index is 0.0253. The number of carbonyl (C=O) groups is 2. The molecule has 8 heteroatoms. The van der Waals surface area contributed by atoms with Gasteiger partial charge in [0.1, 0.15) is 18.4 Å². The smallest absolute Gasteiger partial charge is 0.326 e. The van der Waals surface area contributed by atoms with Crippen LogP contribution in [0.3, 0.4) is 0 Å². The molecule has 1 aliphatic heterocycles. The van der Waals surface area contributed by atoms with E-state index in [1.807, 2.05) is 30.3 Å². The monoisotopic (exact) mass is 351 g/mol. The number of aromatic amines is 1. The topological polar surface area (TPSA) is 104 Å². The fraction of sp³-hybridized carbons (Fsp3) is 0.222. The Morgan fingerprint density at radius 2 is 2.04 bits per heavy atom. The number of benzene rings is 1. The van der Waals surface area contributed by atoms with Crippen molar-refractivity contribution in [1.29, 1.82) is 0 Å². The molecule has 0 fully saturated rings. The highest BCUT2D eigenvalue weighted by Gasteiger charge is 2.36. The molecule has 0 radical (unpaired) electrons. The summed E-state index contributed by atoms with van der Waals surface area (Å²) < 4.78 is 1.74. The van der Waals surface area contributed by atoms with E-state index in [2.05, 4.69) is 15.0 Å². The van der Waals surface area contributed by atoms with Gasteiger partial charge in [-0.2, -0.15) is 0 Å². The fourth-order valence-electron chi connectivity index (χ4n) is 3.24. The van der Waals surface area contributed by atoms with E-state index >= 15 is 0 Å². The molecule has 1 aromatic carbocycles. The molecule has 8 nitrogen and oxygen atoms in total. The molecule has 1 amide bonds. The lowest BCUT2D eigenvalue weighted by molar-refractivity contribution is -0.151. The van der Waals surface area contributed by atoms with Crippen molar-refractivity contribution in [3.05, 3.63) is 60.4 Å². The van der Waals surface area contributed by atoms with E-state index in [1.165, 1.54) is 11.2 Å². The molecule has 1 unspecified atom stereocenters. The minimum Gasteiger partial charge on any atom is -0.480 e. The molecule has 3 heterocycles. The highest BCUT2D eigenvalue weighted by Crippen LogP contribution is 2.22. The van der Waals surface area contributed by atoms with Crippen LogP contribution in [0.25, 0.3) is 11.4 Å². The van der Waals surface area contributed by atoms with Gasteiger partial charge in [0, 0.05) is 24.4 Å². The lowest BCUT2D eigenvalue weighted by Gasteiger charge is -2.32. The number of nitrogens with zero attached hydrogens (tertiary/aromatic N) is 4. The second kappa shape index (κ2) is 6.47. The van der Waals surface area contributed by atoms with Crippen molar-refractivity contribution in [1.82, 2.24) is 24.4 Å². The Morgan fingerprint density at radius 3 is 2.81 bits per heavy atom. The first-order valence-electron chi connectivity index (χ1n) is 8.23. The zero-order valence-corrected chi connectivity index (χ0v) is 13.9. The van der Waals surface area contributed by atoms with E-state index in [-0.39, 0.29) is 25.4 Å². The second-order valence-corrected chi connectivity index (χ2v) is 6.15. The average Bonchev–Trinajstić information content (AvgIpc) is 3.29. The van der Waals surface area contributed by atoms with Gasteiger partial charge in [-0.3, -0.25) is 4.79 Å². The van der Waals surface area contributed by atoms with Gasteiger partial charge in [-0.25, -0.2) is 14.8 Å². The van der Waals surface area contributed by atoms with Crippen molar-refractivity contribution in [3.63, 3.8) is 0 Å². The van der Waals surface area contributed by atoms with Crippen LogP contribution < -0.4 is 0 Å². The first-order valence-corrected chi connectivity index (χ1v) is 8.23. The van der Waals surface area contributed by atoms with Gasteiger partial charge in [-0.15, -0.1) is 0 Å². The summed E-state index contributed by atoms with van der Waals surface area (Å²) >= 11 is 0. The number of aromatic nitrogens is 4. The molecule has 2 N–H and O–H groups in total. The molecule has 3 aromatic rings. The zero-order valence-electron chi connectivity index (χ0n) is 13.9. The maximum Gasteiger partial charge on any atom is 0.326 e. The van der Waals surface area contributed by atoms with Crippen LogP contribution >= 0.6 is 0 Å². The molecule has 0 saturated heterocycles. The number of rotatable bonds is 4. The molecule has 0 saturated carbocycles. The van der Waals surface area contributed by atoms with Gasteiger partial charge >= 0.3 is 5.97 Å². The summed E-state index contributed by atoms with van der Waals surface area (Å²) in [5, 5.41) is 9.53. The average molecular weight is 351 g/mol. The number of carboxylic acid groups (broad SMARTS) is 1. The molecule has 0 aliphatic carbocycles. The lowest BCUT2D eigenvalue weighted by Crippen LogP contribution is -2.49. The quantitative estimate of drug-likeness (QED) is 0.737. The number of fused-ring (bicyclic) bond motifs is 1. The summed E-state index contributed by atoms with van der Waals surface area (Å²) in [6, 6.07) is 8.64. The van der Waals surface area contributed by atoms with E-state index in [0.717, 1.165) is 11.3 Å². The molecule has 1 aliphatic rings. The third-order valence-corrected chi connectivity index (χ3v) is 4.56. The summed E-state index contributed by atoms with van der Waals surface area (Å²) in [6.07, 6.45) is 5.09. The number of hydrogen-bond donors (Lipinski definition) is 2. The molecular formula is C18H17N5O3. The number of H-pyrrole nitrogens is 1. The fourth-order valence-corrected chi connectivity index (χ4v) is 3.24. The van der Waals surface area contributed by atoms with Crippen molar-refractivity contribution in [2.45, 2.75) is 25.6 Å². The minimum atomic E-state index is -1.03. The van der Waals surface area contributed by atoms with E-state index in [9.17, 15) is 14.7 Å². The maximum absolute atomic E-state index is 12.9. The van der Waals surface area contributed by atoms with E-state index in [1.54, 1.807) is 17.0 Å². The summed E-state index contributed by atoms with van der Waals surface area (Å²) in [5.41, 5.74) is 2.38. The number of aliphatic carboxylic acids is 1. The Kier molecular flexibility index (Phi) is 4.00. The number of amides is 1. The van der Waals surface area contributed by atoms with Crippen LogP contribution in [0.2, 0.25) is 0 Å². The van der Waals surface area contributed by atoms with E-state index < -0.39 is 12.0 Å². The number of nitrogens with one attached hydrogen (secondary N) is 1. The highest BCUT2D eigenvalue weighted by atomic mass is 16.4. The predicted octanol–water partition coefficient (Wildman–Crippen LogP) is 1.31. The summed E-state index contributed by atoms with van der Waals surface area (Å²) in [4.78, 5) is 37.4. The van der Waals surface area contributed by atoms with Gasteiger partial charge in [-0.05, 0) is 0 Å². The second-order valence-electron chi connectivity index (χ2n) is 6.15. The van der Waals surface area contributed by atoms with Gasteiger partial charge < -0.3 is 19.6 Å². The SMILES string of the molecule is O=C(O)C1Cc2nc[nH]c2CN1C(=O)Cn1ccnc1-c1ccccc1. The lowest BCUT2D eigenvalue weighted by atomic mass is 10.0. The van der Waals surface area contributed by atoms with Crippen LogP contribution in [-0.2, 0) is 29.1 Å². The largest absolute Gasteiger partial charge is 0.480 e. The normalized spacial score (nSPS) is 16.3. The number of carboxylic acids is 1. The Bertz CT molecular complexity index is 947. The summed E-state index contributed by atoms with van der Waals surface area (Å²) in [5.74, 6) is -0.626. The molecular weight excluding hydrogens is 334 g/mol. The summed E-state index contributed by atoms with van der Waals surface area (Å²) in [7, 11) is 0. The molecule has 4 rings (SSSR count). The standard InChI is InChI=1S/C18H17N5O3/c24-16(10-22-7-6-19-17(22)12-4-2-1-3-5-12)23-9-14-13(20-11-21-14)8-15(23)18(25)26/h1-7,11,15H,8-10H2,(H,20,21)(H,25,26). The third kappa shape index (κ3) is 2.85. The maximum atomic E-state index is 12.9. The van der Waals surface area contributed by atoms with Crippen molar-refractivity contribution in [3.8, 4) is 11.4 Å². The van der Waals surface area contributed by atoms with Crippen LogP contribution in [0.15, 0.2) is 49.1 Å². The number of carbonyl (C=O) groups excluding carboxylic acids is 1. The predicted molar refractivity (Wildman–Crippen MR) is 91.9 cm³/mol. The molecule has 2 aromatic heterocycles. The molecule has 0 spiro atoms. The third-order valence-electron chi connectivity index (χ3n) is 4.56. The Hall–Kier alpha value is -3.42. The zero-order chi connectivity index (χ0) is 18.1. The van der Waals surface area contributed by atoms with Crippen LogP contribution in [0.5, 0.6) is 0 Å². The Labute approximate surface area is 149 Å². The van der Waals surface area contributed by atoms with Gasteiger partial charge in [0.25, 0.3) is 0 Å². The van der Waals surface area contributed by atoms with Crippen molar-refractivity contribution < 1.29 is 14.7 Å². The molecule has 132 valence electrons. The first-order chi connectivity index (χ1) is 12.6. The van der Waals surface area contributed by atoms with Gasteiger partial charge in [0.2, 0.25) is 5.91 Å². The summed E-state index contributed by atoms with van der Waals surface area (Å²) in [6.45, 7) is 0.234. The Morgan fingerprint density at radius 1 is 1.23 bits per heavy atom. The molecule has 1 atom stereocenters. The number of hydrogen-bond acceptors (Lipinski definition) is 4.